The molecule has 0 unspecified atom stereocenters. The highest BCUT2D eigenvalue weighted by molar-refractivity contribution is 9.10. The summed E-state index contributed by atoms with van der Waals surface area (Å²) in [5, 5.41) is 0.296. The lowest BCUT2D eigenvalue weighted by molar-refractivity contribution is 0.731. The van der Waals surface area contributed by atoms with Gasteiger partial charge in [0.2, 0.25) is 0 Å². The van der Waals surface area contributed by atoms with Crippen LogP contribution in [0, 0.1) is 18.4 Å². The molecular weight excluding hydrogens is 290 g/mol. The molecule has 0 aromatic carbocycles. The molecule has 0 N–H and O–H groups in total. The maximum atomic E-state index is 4.33. The Morgan fingerprint density at radius 3 is 2.35 bits per heavy atom. The Kier molecular flexibility index (Phi) is 4.22. The maximum absolute atomic E-state index is 4.33. The van der Waals surface area contributed by atoms with Gasteiger partial charge in [0.15, 0.2) is 0 Å². The van der Waals surface area contributed by atoms with E-state index in [0.29, 0.717) is 5.04 Å². The van der Waals surface area contributed by atoms with Crippen molar-refractivity contribution in [2.24, 2.45) is 0 Å². The van der Waals surface area contributed by atoms with Crippen molar-refractivity contribution in [2.75, 3.05) is 0 Å². The summed E-state index contributed by atoms with van der Waals surface area (Å²) in [4.78, 5) is 4.33. The zero-order valence-electron chi connectivity index (χ0n) is 11.5. The minimum atomic E-state index is -1.53. The molecule has 0 amide bonds. The number of aromatic nitrogens is 1. The van der Waals surface area contributed by atoms with E-state index in [1.54, 1.807) is 0 Å². The van der Waals surface area contributed by atoms with Gasteiger partial charge in [0.25, 0.3) is 0 Å². The van der Waals surface area contributed by atoms with Crippen LogP contribution >= 0.6 is 15.9 Å². The molecule has 3 heteroatoms. The van der Waals surface area contributed by atoms with E-state index in [0.717, 1.165) is 10.2 Å². The van der Waals surface area contributed by atoms with Crippen molar-refractivity contribution in [3.63, 3.8) is 0 Å². The summed E-state index contributed by atoms with van der Waals surface area (Å²) in [5.74, 6) is 3.24. The second kappa shape index (κ2) is 4.95. The molecule has 1 rings (SSSR count). The third-order valence-electron chi connectivity index (χ3n) is 3.42. The zero-order valence-corrected chi connectivity index (χ0v) is 14.1. The van der Waals surface area contributed by atoms with Crippen LogP contribution in [0.3, 0.4) is 0 Å². The average Bonchev–Trinajstić information content (AvgIpc) is 2.18. The highest BCUT2D eigenvalue weighted by Gasteiger charge is 2.33. The quantitative estimate of drug-likeness (QED) is 0.506. The summed E-state index contributed by atoms with van der Waals surface area (Å²) in [6.07, 6.45) is 1.82. The topological polar surface area (TPSA) is 12.9 Å². The third-order valence-corrected chi connectivity index (χ3v) is 8.76. The molecule has 0 radical (unpaired) electrons. The third kappa shape index (κ3) is 3.69. The predicted molar refractivity (Wildman–Crippen MR) is 80.7 cm³/mol. The molecule has 0 aliphatic heterocycles. The first-order valence-corrected chi connectivity index (χ1v) is 9.58. The molecular formula is C14H20BrNSi. The summed E-state index contributed by atoms with van der Waals surface area (Å²) in [6.45, 7) is 13.5. The van der Waals surface area contributed by atoms with Gasteiger partial charge in [-0.05, 0) is 39.5 Å². The van der Waals surface area contributed by atoms with Crippen LogP contribution in [0.15, 0.2) is 16.7 Å². The van der Waals surface area contributed by atoms with Crippen LogP contribution in [0.2, 0.25) is 18.1 Å². The van der Waals surface area contributed by atoms with E-state index in [1.807, 2.05) is 12.3 Å². The SMILES string of the molecule is Cc1cc(C#C[Si](C)(C)C(C)(C)C)ncc1Br. The molecule has 0 aliphatic rings. The number of hydrogen-bond acceptors (Lipinski definition) is 1. The summed E-state index contributed by atoms with van der Waals surface area (Å²) in [5.41, 5.74) is 5.52. The van der Waals surface area contributed by atoms with Gasteiger partial charge in [-0.15, -0.1) is 5.54 Å². The van der Waals surface area contributed by atoms with E-state index in [1.165, 1.54) is 5.56 Å². The Bertz CT molecular complexity index is 475. The van der Waals surface area contributed by atoms with Gasteiger partial charge in [-0.2, -0.15) is 0 Å². The average molecular weight is 310 g/mol. The van der Waals surface area contributed by atoms with Crippen LogP contribution in [-0.2, 0) is 0 Å². The fourth-order valence-electron chi connectivity index (χ4n) is 1.02. The summed E-state index contributed by atoms with van der Waals surface area (Å²) >= 11 is 3.45. The largest absolute Gasteiger partial charge is 0.247 e. The number of halogens is 1. The molecule has 1 heterocycles. The lowest BCUT2D eigenvalue weighted by atomic mass is 10.2. The standard InChI is InChI=1S/C14H20BrNSi/c1-11-9-12(16-10-13(11)15)7-8-17(5,6)14(2,3)4/h9-10H,1-6H3. The van der Waals surface area contributed by atoms with Gasteiger partial charge < -0.3 is 0 Å². The molecule has 0 spiro atoms. The van der Waals surface area contributed by atoms with Gasteiger partial charge in [-0.1, -0.05) is 39.8 Å². The van der Waals surface area contributed by atoms with Crippen molar-refractivity contribution >= 4 is 24.0 Å². The molecule has 0 fully saturated rings. The predicted octanol–water partition coefficient (Wildman–Crippen LogP) is 4.55. The summed E-state index contributed by atoms with van der Waals surface area (Å²) in [7, 11) is -1.53. The van der Waals surface area contributed by atoms with Crippen molar-refractivity contribution in [1.82, 2.24) is 4.98 Å². The minimum absolute atomic E-state index is 0.296. The molecule has 0 aliphatic carbocycles. The first-order valence-electron chi connectivity index (χ1n) is 5.79. The van der Waals surface area contributed by atoms with Crippen LogP contribution < -0.4 is 0 Å². The van der Waals surface area contributed by atoms with E-state index in [2.05, 4.69) is 73.2 Å². The van der Waals surface area contributed by atoms with Gasteiger partial charge in [-0.25, -0.2) is 4.98 Å². The molecule has 17 heavy (non-hydrogen) atoms. The van der Waals surface area contributed by atoms with Crippen LogP contribution in [-0.4, -0.2) is 13.1 Å². The Labute approximate surface area is 114 Å². The highest BCUT2D eigenvalue weighted by Crippen LogP contribution is 2.35. The van der Waals surface area contributed by atoms with Crippen molar-refractivity contribution < 1.29 is 0 Å². The van der Waals surface area contributed by atoms with E-state index in [-0.39, 0.29) is 0 Å². The van der Waals surface area contributed by atoms with Crippen molar-refractivity contribution in [2.45, 2.75) is 45.8 Å². The first kappa shape index (κ1) is 14.5. The fourth-order valence-corrected chi connectivity index (χ4v) is 2.05. The van der Waals surface area contributed by atoms with Crippen molar-refractivity contribution in [1.29, 1.82) is 0 Å². The van der Waals surface area contributed by atoms with Gasteiger partial charge >= 0.3 is 0 Å². The zero-order chi connectivity index (χ0) is 13.3. The van der Waals surface area contributed by atoms with E-state index in [9.17, 15) is 0 Å². The molecule has 0 saturated heterocycles. The fraction of sp³-hybridized carbons (Fsp3) is 0.500. The lowest BCUT2D eigenvalue weighted by Gasteiger charge is -2.31. The van der Waals surface area contributed by atoms with E-state index in [4.69, 9.17) is 0 Å². The monoisotopic (exact) mass is 309 g/mol. The molecule has 1 nitrogen and oxygen atoms in total. The normalized spacial score (nSPS) is 11.9. The number of pyridine rings is 1. The molecule has 92 valence electrons. The van der Waals surface area contributed by atoms with Gasteiger partial charge in [0.1, 0.15) is 13.8 Å². The highest BCUT2D eigenvalue weighted by atomic mass is 79.9. The molecule has 1 aromatic rings. The Hall–Kier alpha value is -0.593. The molecule has 0 saturated carbocycles. The lowest BCUT2D eigenvalue weighted by Crippen LogP contribution is -2.35. The second-order valence-electron chi connectivity index (χ2n) is 5.94. The van der Waals surface area contributed by atoms with Gasteiger partial charge in [0.05, 0.1) is 0 Å². The summed E-state index contributed by atoms with van der Waals surface area (Å²) < 4.78 is 1.04. The van der Waals surface area contributed by atoms with Crippen LogP contribution in [0.25, 0.3) is 0 Å². The number of hydrogen-bond donors (Lipinski definition) is 0. The van der Waals surface area contributed by atoms with Crippen molar-refractivity contribution in [3.05, 3.63) is 28.0 Å². The van der Waals surface area contributed by atoms with Crippen LogP contribution in [0.4, 0.5) is 0 Å². The van der Waals surface area contributed by atoms with E-state index >= 15 is 0 Å². The minimum Gasteiger partial charge on any atom is -0.247 e. The van der Waals surface area contributed by atoms with Crippen molar-refractivity contribution in [3.8, 4) is 11.5 Å². The second-order valence-corrected chi connectivity index (χ2v) is 11.8. The van der Waals surface area contributed by atoms with Crippen LogP contribution in [0.1, 0.15) is 32.0 Å². The number of aryl methyl sites for hydroxylation is 1. The first-order chi connectivity index (χ1) is 7.63. The molecule has 0 bridgehead atoms. The molecule has 1 aromatic heterocycles. The number of rotatable bonds is 0. The Morgan fingerprint density at radius 1 is 1.29 bits per heavy atom. The van der Waals surface area contributed by atoms with E-state index < -0.39 is 8.07 Å². The summed E-state index contributed by atoms with van der Waals surface area (Å²) in [6, 6.07) is 2.03. The molecule has 0 atom stereocenters. The Morgan fingerprint density at radius 2 is 1.88 bits per heavy atom. The van der Waals surface area contributed by atoms with Gasteiger partial charge in [-0.3, -0.25) is 0 Å². The van der Waals surface area contributed by atoms with Crippen LogP contribution in [0.5, 0.6) is 0 Å². The number of nitrogens with zero attached hydrogens (tertiary/aromatic N) is 1. The maximum Gasteiger partial charge on any atom is 0.138 e. The van der Waals surface area contributed by atoms with Gasteiger partial charge in [0, 0.05) is 10.7 Å². The smallest absolute Gasteiger partial charge is 0.138 e. The Balaban J connectivity index is 3.04.